The summed E-state index contributed by atoms with van der Waals surface area (Å²) < 4.78 is 27.3. The molecule has 0 amide bonds. The van der Waals surface area contributed by atoms with Crippen LogP contribution in [0, 0.1) is 11.6 Å². The lowest BCUT2D eigenvalue weighted by Gasteiger charge is -2.11. The minimum Gasteiger partial charge on any atom is -0.506 e. The lowest BCUT2D eigenvalue weighted by Crippen LogP contribution is -2.02. The highest BCUT2D eigenvalue weighted by Crippen LogP contribution is 2.25. The van der Waals surface area contributed by atoms with Gasteiger partial charge in [-0.3, -0.25) is 0 Å². The van der Waals surface area contributed by atoms with Crippen LogP contribution in [0.3, 0.4) is 0 Å². The molecular weight excluding hydrogens is 296 g/mol. The van der Waals surface area contributed by atoms with E-state index < -0.39 is 0 Å². The normalized spacial score (nSPS) is 10.5. The van der Waals surface area contributed by atoms with Gasteiger partial charge in [0.25, 0.3) is 0 Å². The predicted octanol–water partition coefficient (Wildman–Crippen LogP) is 4.95. The summed E-state index contributed by atoms with van der Waals surface area (Å²) in [5.41, 5.74) is 2.40. The maximum atomic E-state index is 14.0. The first-order chi connectivity index (χ1) is 11.1. The Hall–Kier alpha value is -2.88. The quantitative estimate of drug-likeness (QED) is 0.668. The van der Waals surface area contributed by atoms with Crippen LogP contribution in [0.2, 0.25) is 0 Å². The number of aromatic hydroxyl groups is 1. The van der Waals surface area contributed by atoms with Crippen LogP contribution in [0.1, 0.15) is 5.56 Å². The third-order valence-electron chi connectivity index (χ3n) is 3.58. The predicted molar refractivity (Wildman–Crippen MR) is 87.2 cm³/mol. The average Bonchev–Trinajstić information content (AvgIpc) is 2.55. The zero-order valence-electron chi connectivity index (χ0n) is 12.3. The van der Waals surface area contributed by atoms with Gasteiger partial charge in [-0.1, -0.05) is 30.3 Å². The lowest BCUT2D eigenvalue weighted by molar-refractivity contribution is 0.477. The summed E-state index contributed by atoms with van der Waals surface area (Å²) in [4.78, 5) is 0. The summed E-state index contributed by atoms with van der Waals surface area (Å²) in [7, 11) is 0. The Morgan fingerprint density at radius 1 is 0.826 bits per heavy atom. The molecule has 0 aromatic heterocycles. The van der Waals surface area contributed by atoms with Gasteiger partial charge in [0.1, 0.15) is 17.4 Å². The fraction of sp³-hybridized carbons (Fsp3) is 0.0526. The van der Waals surface area contributed by atoms with Gasteiger partial charge in [-0.25, -0.2) is 8.78 Å². The summed E-state index contributed by atoms with van der Waals surface area (Å²) in [5.74, 6) is -0.581. The maximum Gasteiger partial charge on any atom is 0.138 e. The third-order valence-corrected chi connectivity index (χ3v) is 3.58. The van der Waals surface area contributed by atoms with Crippen LogP contribution in [-0.4, -0.2) is 5.11 Å². The van der Waals surface area contributed by atoms with Crippen LogP contribution in [0.5, 0.6) is 5.75 Å². The number of nitrogens with one attached hydrogen (secondary N) is 1. The monoisotopic (exact) mass is 311 g/mol. The zero-order chi connectivity index (χ0) is 16.2. The molecule has 4 heteroatoms. The van der Waals surface area contributed by atoms with Crippen molar-refractivity contribution in [1.82, 2.24) is 0 Å². The van der Waals surface area contributed by atoms with Crippen molar-refractivity contribution in [2.75, 3.05) is 5.32 Å². The van der Waals surface area contributed by atoms with Crippen molar-refractivity contribution in [2.45, 2.75) is 6.54 Å². The van der Waals surface area contributed by atoms with E-state index in [4.69, 9.17) is 0 Å². The molecule has 0 radical (unpaired) electrons. The second kappa shape index (κ2) is 6.48. The minimum atomic E-state index is -0.354. The molecule has 0 aliphatic heterocycles. The average molecular weight is 311 g/mol. The lowest BCUT2D eigenvalue weighted by atomic mass is 10.0. The van der Waals surface area contributed by atoms with E-state index in [-0.39, 0.29) is 23.9 Å². The first-order valence-electron chi connectivity index (χ1n) is 7.20. The maximum absolute atomic E-state index is 14.0. The van der Waals surface area contributed by atoms with Gasteiger partial charge in [-0.2, -0.15) is 0 Å². The number of benzene rings is 3. The van der Waals surface area contributed by atoms with E-state index in [9.17, 15) is 13.9 Å². The molecule has 116 valence electrons. The number of rotatable bonds is 4. The standard InChI is InChI=1S/C19H15F2NO/c20-16-5-3-4-13(11-16)14-8-9-17(21)15(10-14)12-22-18-6-1-2-7-19(18)23/h1-11,22-23H,12H2. The molecule has 0 unspecified atom stereocenters. The molecule has 0 aliphatic rings. The van der Waals surface area contributed by atoms with Crippen molar-refractivity contribution in [3.63, 3.8) is 0 Å². The van der Waals surface area contributed by atoms with Crippen LogP contribution in [0.4, 0.5) is 14.5 Å². The van der Waals surface area contributed by atoms with Crippen molar-refractivity contribution < 1.29 is 13.9 Å². The Bertz CT molecular complexity index is 833. The van der Waals surface area contributed by atoms with E-state index >= 15 is 0 Å². The molecule has 0 fully saturated rings. The van der Waals surface area contributed by atoms with Gasteiger partial charge in [-0.15, -0.1) is 0 Å². The fourth-order valence-corrected chi connectivity index (χ4v) is 2.37. The Morgan fingerprint density at radius 2 is 1.61 bits per heavy atom. The highest BCUT2D eigenvalue weighted by molar-refractivity contribution is 5.64. The van der Waals surface area contributed by atoms with Gasteiger partial charge >= 0.3 is 0 Å². The Labute approximate surface area is 133 Å². The molecule has 0 atom stereocenters. The summed E-state index contributed by atoms with van der Waals surface area (Å²) in [6.45, 7) is 0.215. The molecular formula is C19H15F2NO. The van der Waals surface area contributed by atoms with E-state index in [0.717, 1.165) is 5.56 Å². The van der Waals surface area contributed by atoms with Gasteiger partial charge in [0, 0.05) is 12.1 Å². The molecule has 3 rings (SSSR count). The second-order valence-electron chi connectivity index (χ2n) is 5.19. The molecule has 0 saturated carbocycles. The number of hydrogen-bond acceptors (Lipinski definition) is 2. The smallest absolute Gasteiger partial charge is 0.138 e. The van der Waals surface area contributed by atoms with Gasteiger partial charge in [0.2, 0.25) is 0 Å². The van der Waals surface area contributed by atoms with E-state index in [1.54, 1.807) is 48.5 Å². The number of anilines is 1. The summed E-state index contributed by atoms with van der Waals surface area (Å²) in [6, 6.07) is 17.6. The molecule has 0 saturated heterocycles. The number of hydrogen-bond donors (Lipinski definition) is 2. The van der Waals surface area contributed by atoms with E-state index in [0.29, 0.717) is 16.8 Å². The number of halogens is 2. The molecule has 3 aromatic rings. The molecule has 0 heterocycles. The molecule has 2 nitrogen and oxygen atoms in total. The van der Waals surface area contributed by atoms with E-state index in [2.05, 4.69) is 5.32 Å². The van der Waals surface area contributed by atoms with Crippen molar-refractivity contribution in [3.8, 4) is 16.9 Å². The number of phenols is 1. The molecule has 0 spiro atoms. The topological polar surface area (TPSA) is 32.3 Å². The highest BCUT2D eigenvalue weighted by Gasteiger charge is 2.07. The SMILES string of the molecule is Oc1ccccc1NCc1cc(-c2cccc(F)c2)ccc1F. The van der Waals surface area contributed by atoms with Gasteiger partial charge < -0.3 is 10.4 Å². The summed E-state index contributed by atoms with van der Waals surface area (Å²) in [6.07, 6.45) is 0. The molecule has 2 N–H and O–H groups in total. The molecule has 0 bridgehead atoms. The van der Waals surface area contributed by atoms with Gasteiger partial charge in [0.05, 0.1) is 5.69 Å². The van der Waals surface area contributed by atoms with Crippen molar-refractivity contribution in [2.24, 2.45) is 0 Å². The van der Waals surface area contributed by atoms with Gasteiger partial charge in [0.15, 0.2) is 0 Å². The van der Waals surface area contributed by atoms with Crippen LogP contribution in [0.25, 0.3) is 11.1 Å². The van der Waals surface area contributed by atoms with E-state index in [1.807, 2.05) is 0 Å². The zero-order valence-corrected chi connectivity index (χ0v) is 12.3. The summed E-state index contributed by atoms with van der Waals surface area (Å²) >= 11 is 0. The van der Waals surface area contributed by atoms with Crippen LogP contribution in [-0.2, 0) is 6.54 Å². The second-order valence-corrected chi connectivity index (χ2v) is 5.19. The number of phenolic OH excluding ortho intramolecular Hbond substituents is 1. The number of para-hydroxylation sites is 2. The van der Waals surface area contributed by atoms with Crippen LogP contribution >= 0.6 is 0 Å². The summed E-state index contributed by atoms with van der Waals surface area (Å²) in [5, 5.41) is 12.7. The third kappa shape index (κ3) is 3.48. The van der Waals surface area contributed by atoms with Crippen molar-refractivity contribution in [1.29, 1.82) is 0 Å². The first kappa shape index (κ1) is 15.0. The molecule has 23 heavy (non-hydrogen) atoms. The van der Waals surface area contributed by atoms with Crippen molar-refractivity contribution >= 4 is 5.69 Å². The van der Waals surface area contributed by atoms with Crippen molar-refractivity contribution in [3.05, 3.63) is 83.9 Å². The highest BCUT2D eigenvalue weighted by atomic mass is 19.1. The van der Waals surface area contributed by atoms with Crippen LogP contribution in [0.15, 0.2) is 66.7 Å². The van der Waals surface area contributed by atoms with Gasteiger partial charge in [-0.05, 0) is 47.5 Å². The Kier molecular flexibility index (Phi) is 4.24. The largest absolute Gasteiger partial charge is 0.506 e. The fourth-order valence-electron chi connectivity index (χ4n) is 2.37. The molecule has 3 aromatic carbocycles. The first-order valence-corrected chi connectivity index (χ1v) is 7.20. The van der Waals surface area contributed by atoms with Crippen LogP contribution < -0.4 is 5.32 Å². The molecule has 0 aliphatic carbocycles. The van der Waals surface area contributed by atoms with E-state index in [1.165, 1.54) is 18.2 Å². The Balaban J connectivity index is 1.85. The minimum absolute atomic E-state index is 0.106. The Morgan fingerprint density at radius 3 is 2.39 bits per heavy atom.